The number of alkyl halides is 3. The van der Waals surface area contributed by atoms with Crippen LogP contribution in [0.1, 0.15) is 37.8 Å². The van der Waals surface area contributed by atoms with Crippen molar-refractivity contribution in [1.29, 1.82) is 0 Å². The summed E-state index contributed by atoms with van der Waals surface area (Å²) in [6.45, 7) is 4.84. The lowest BCUT2D eigenvalue weighted by Crippen LogP contribution is -2.40. The molecule has 1 aliphatic rings. The summed E-state index contributed by atoms with van der Waals surface area (Å²) >= 11 is 0. The predicted octanol–water partition coefficient (Wildman–Crippen LogP) is 3.86. The molecule has 0 fully saturated rings. The van der Waals surface area contributed by atoms with Crippen molar-refractivity contribution in [1.82, 2.24) is 19.5 Å². The Morgan fingerprint density at radius 1 is 1.16 bits per heavy atom. The van der Waals surface area contributed by atoms with Gasteiger partial charge in [-0.15, -0.1) is 0 Å². The SMILES string of the molecule is CC(C)CC1c2nc3ccc(S(C)(=O)=O)cc3n2CCN1c1nccc(C(F)(F)F)n1. The summed E-state index contributed by atoms with van der Waals surface area (Å²) in [4.78, 5) is 14.5. The van der Waals surface area contributed by atoms with E-state index in [4.69, 9.17) is 4.98 Å². The third-order valence-corrected chi connectivity index (χ3v) is 6.41. The van der Waals surface area contributed by atoms with Crippen molar-refractivity contribution < 1.29 is 21.6 Å². The number of hydrogen-bond acceptors (Lipinski definition) is 6. The molecule has 166 valence electrons. The number of halogens is 3. The number of fused-ring (bicyclic) bond motifs is 3. The molecule has 0 aliphatic carbocycles. The molecule has 0 radical (unpaired) electrons. The van der Waals surface area contributed by atoms with Crippen LogP contribution in [0, 0.1) is 5.92 Å². The Hall–Kier alpha value is -2.69. The van der Waals surface area contributed by atoms with Crippen molar-refractivity contribution in [2.75, 3.05) is 17.7 Å². The molecule has 0 spiro atoms. The Bertz CT molecular complexity index is 1240. The van der Waals surface area contributed by atoms with E-state index in [9.17, 15) is 21.6 Å². The summed E-state index contributed by atoms with van der Waals surface area (Å²) in [5, 5.41) is 0. The highest BCUT2D eigenvalue weighted by Gasteiger charge is 2.36. The first-order valence-electron chi connectivity index (χ1n) is 9.82. The third-order valence-electron chi connectivity index (χ3n) is 5.30. The number of hydrogen-bond donors (Lipinski definition) is 0. The molecule has 31 heavy (non-hydrogen) atoms. The predicted molar refractivity (Wildman–Crippen MR) is 109 cm³/mol. The molecule has 11 heteroatoms. The quantitative estimate of drug-likeness (QED) is 0.597. The van der Waals surface area contributed by atoms with E-state index in [0.29, 0.717) is 36.4 Å². The van der Waals surface area contributed by atoms with E-state index >= 15 is 0 Å². The Labute approximate surface area is 177 Å². The van der Waals surface area contributed by atoms with Crippen LogP contribution in [0.2, 0.25) is 0 Å². The molecule has 4 rings (SSSR count). The largest absolute Gasteiger partial charge is 0.433 e. The number of imidazole rings is 1. The highest BCUT2D eigenvalue weighted by atomic mass is 32.2. The zero-order valence-electron chi connectivity index (χ0n) is 17.3. The minimum absolute atomic E-state index is 0.00982. The molecular weight excluding hydrogens is 431 g/mol. The monoisotopic (exact) mass is 453 g/mol. The molecule has 3 heterocycles. The van der Waals surface area contributed by atoms with E-state index in [1.54, 1.807) is 17.0 Å². The number of anilines is 1. The highest BCUT2D eigenvalue weighted by Crippen LogP contribution is 2.37. The molecule has 2 aromatic heterocycles. The van der Waals surface area contributed by atoms with Crippen molar-refractivity contribution in [3.8, 4) is 0 Å². The lowest BCUT2D eigenvalue weighted by Gasteiger charge is -2.37. The fourth-order valence-electron chi connectivity index (χ4n) is 3.91. The molecule has 0 bridgehead atoms. The molecular formula is C20H22F3N5O2S. The van der Waals surface area contributed by atoms with E-state index in [2.05, 4.69) is 9.97 Å². The average Bonchev–Trinajstić information content (AvgIpc) is 3.05. The van der Waals surface area contributed by atoms with Gasteiger partial charge >= 0.3 is 6.18 Å². The molecule has 7 nitrogen and oxygen atoms in total. The van der Waals surface area contributed by atoms with Gasteiger partial charge in [-0.25, -0.2) is 23.4 Å². The number of aromatic nitrogens is 4. The van der Waals surface area contributed by atoms with Crippen LogP contribution < -0.4 is 4.90 Å². The molecule has 0 amide bonds. The number of sulfone groups is 1. The molecule has 3 aromatic rings. The third kappa shape index (κ3) is 4.10. The molecule has 1 atom stereocenters. The van der Waals surface area contributed by atoms with Crippen molar-refractivity contribution in [2.45, 2.75) is 43.9 Å². The minimum Gasteiger partial charge on any atom is -0.329 e. The van der Waals surface area contributed by atoms with E-state index < -0.39 is 21.7 Å². The van der Waals surface area contributed by atoms with Crippen LogP contribution >= 0.6 is 0 Å². The first kappa shape index (κ1) is 21.5. The summed E-state index contributed by atoms with van der Waals surface area (Å²) in [7, 11) is -3.38. The van der Waals surface area contributed by atoms with Gasteiger partial charge in [0, 0.05) is 25.5 Å². The lowest BCUT2D eigenvalue weighted by atomic mass is 10.0. The van der Waals surface area contributed by atoms with Crippen LogP contribution in [-0.2, 0) is 22.6 Å². The first-order valence-corrected chi connectivity index (χ1v) is 11.7. The van der Waals surface area contributed by atoms with Gasteiger partial charge in [0.05, 0.1) is 22.0 Å². The molecule has 0 saturated heterocycles. The van der Waals surface area contributed by atoms with Crippen LogP contribution in [-0.4, -0.2) is 40.7 Å². The molecule has 0 N–H and O–H groups in total. The van der Waals surface area contributed by atoms with E-state index in [1.807, 2.05) is 18.4 Å². The normalized spacial score (nSPS) is 17.4. The molecule has 1 unspecified atom stereocenters. The van der Waals surface area contributed by atoms with Gasteiger partial charge in [0.25, 0.3) is 0 Å². The fourth-order valence-corrected chi connectivity index (χ4v) is 4.55. The minimum atomic E-state index is -4.56. The number of rotatable bonds is 4. The van der Waals surface area contributed by atoms with Gasteiger partial charge in [-0.2, -0.15) is 13.2 Å². The zero-order valence-corrected chi connectivity index (χ0v) is 18.1. The van der Waals surface area contributed by atoms with E-state index in [0.717, 1.165) is 18.5 Å². The Morgan fingerprint density at radius 2 is 1.90 bits per heavy atom. The summed E-state index contributed by atoms with van der Waals surface area (Å²) < 4.78 is 65.4. The van der Waals surface area contributed by atoms with Crippen LogP contribution in [0.4, 0.5) is 19.1 Å². The average molecular weight is 453 g/mol. The van der Waals surface area contributed by atoms with E-state index in [1.165, 1.54) is 6.07 Å². The second-order valence-corrected chi connectivity index (χ2v) is 10.1. The summed E-state index contributed by atoms with van der Waals surface area (Å²) in [6, 6.07) is 5.29. The van der Waals surface area contributed by atoms with Gasteiger partial charge in [-0.1, -0.05) is 13.8 Å². The van der Waals surface area contributed by atoms with Gasteiger partial charge in [0.2, 0.25) is 5.95 Å². The standard InChI is InChI=1S/C20H22F3N5O2S/c1-12(2)10-16-18-25-14-5-4-13(31(3,29)30)11-15(14)27(18)8-9-28(16)19-24-7-6-17(26-19)20(21,22)23/h4-7,11-12,16H,8-10H2,1-3H3. The summed E-state index contributed by atoms with van der Waals surface area (Å²) in [5.74, 6) is 0.911. The van der Waals surface area contributed by atoms with Gasteiger partial charge < -0.3 is 9.47 Å². The number of benzene rings is 1. The summed E-state index contributed by atoms with van der Waals surface area (Å²) in [5.41, 5.74) is 0.344. The van der Waals surface area contributed by atoms with Gasteiger partial charge in [-0.3, -0.25) is 0 Å². The van der Waals surface area contributed by atoms with Gasteiger partial charge in [0.15, 0.2) is 9.84 Å². The van der Waals surface area contributed by atoms with Crippen molar-refractivity contribution in [3.63, 3.8) is 0 Å². The zero-order chi connectivity index (χ0) is 22.6. The highest BCUT2D eigenvalue weighted by molar-refractivity contribution is 7.90. The summed E-state index contributed by atoms with van der Waals surface area (Å²) in [6.07, 6.45) is -1.67. The molecule has 1 aromatic carbocycles. The second kappa shape index (κ2) is 7.47. The van der Waals surface area contributed by atoms with Crippen LogP contribution in [0.5, 0.6) is 0 Å². The maximum Gasteiger partial charge on any atom is 0.433 e. The number of nitrogens with zero attached hydrogens (tertiary/aromatic N) is 5. The fraction of sp³-hybridized carbons (Fsp3) is 0.450. The molecule has 1 aliphatic heterocycles. The van der Waals surface area contributed by atoms with Crippen molar-refractivity contribution in [3.05, 3.63) is 42.0 Å². The van der Waals surface area contributed by atoms with Crippen LogP contribution in [0.3, 0.4) is 0 Å². The topological polar surface area (TPSA) is 81.0 Å². The Morgan fingerprint density at radius 3 is 2.55 bits per heavy atom. The Balaban J connectivity index is 1.83. The molecule has 0 saturated carbocycles. The smallest absolute Gasteiger partial charge is 0.329 e. The maximum absolute atomic E-state index is 13.2. The maximum atomic E-state index is 13.2. The van der Waals surface area contributed by atoms with Gasteiger partial charge in [-0.05, 0) is 36.6 Å². The van der Waals surface area contributed by atoms with Crippen molar-refractivity contribution >= 4 is 26.8 Å². The lowest BCUT2D eigenvalue weighted by molar-refractivity contribution is -0.141. The van der Waals surface area contributed by atoms with Gasteiger partial charge in [0.1, 0.15) is 11.5 Å². The van der Waals surface area contributed by atoms with Crippen molar-refractivity contribution in [2.24, 2.45) is 5.92 Å². The first-order chi connectivity index (χ1) is 14.4. The van der Waals surface area contributed by atoms with E-state index in [-0.39, 0.29) is 22.8 Å². The van der Waals surface area contributed by atoms with Crippen LogP contribution in [0.25, 0.3) is 11.0 Å². The Kier molecular flexibility index (Phi) is 5.19. The van der Waals surface area contributed by atoms with Crippen LogP contribution in [0.15, 0.2) is 35.4 Å². The second-order valence-electron chi connectivity index (χ2n) is 8.12.